The zero-order valence-corrected chi connectivity index (χ0v) is 8.92. The summed E-state index contributed by atoms with van der Waals surface area (Å²) in [5.74, 6) is 0.113. The molecule has 16 heavy (non-hydrogen) atoms. The summed E-state index contributed by atoms with van der Waals surface area (Å²) in [4.78, 5) is 12.7. The molecule has 1 aliphatic heterocycles. The number of aliphatic hydroxyl groups excluding tert-OH is 1. The average Bonchev–Trinajstić information content (AvgIpc) is 2.54. The number of alkyl halides is 3. The van der Waals surface area contributed by atoms with Gasteiger partial charge >= 0.3 is 12.2 Å². The van der Waals surface area contributed by atoms with E-state index in [1.165, 1.54) is 4.90 Å². The number of nitrogens with one attached hydrogen (secondary N) is 1. The minimum Gasteiger partial charge on any atom is -0.394 e. The molecule has 0 aromatic carbocycles. The summed E-state index contributed by atoms with van der Waals surface area (Å²) in [6.45, 7) is 0.684. The minimum absolute atomic E-state index is 0.113. The number of aliphatic hydroxyl groups is 1. The van der Waals surface area contributed by atoms with E-state index in [-0.39, 0.29) is 18.6 Å². The molecule has 2 atom stereocenters. The van der Waals surface area contributed by atoms with Crippen molar-refractivity contribution in [2.45, 2.75) is 25.6 Å². The summed E-state index contributed by atoms with van der Waals surface area (Å²) in [5, 5.41) is 10.8. The third-order valence-corrected chi connectivity index (χ3v) is 2.77. The molecule has 2 unspecified atom stereocenters. The lowest BCUT2D eigenvalue weighted by molar-refractivity contribution is -0.123. The fraction of sp³-hybridized carbons (Fsp3) is 0.889. The van der Waals surface area contributed by atoms with Crippen LogP contribution in [0.4, 0.5) is 18.0 Å². The van der Waals surface area contributed by atoms with Gasteiger partial charge in [0.05, 0.1) is 12.6 Å². The predicted octanol–water partition coefficient (Wildman–Crippen LogP) is 0.961. The van der Waals surface area contributed by atoms with Crippen LogP contribution in [0.5, 0.6) is 0 Å². The van der Waals surface area contributed by atoms with Crippen molar-refractivity contribution in [3.05, 3.63) is 0 Å². The van der Waals surface area contributed by atoms with Gasteiger partial charge in [0.2, 0.25) is 0 Å². The van der Waals surface area contributed by atoms with Gasteiger partial charge in [-0.1, -0.05) is 6.92 Å². The quantitative estimate of drug-likeness (QED) is 0.755. The predicted molar refractivity (Wildman–Crippen MR) is 50.8 cm³/mol. The number of halogens is 3. The summed E-state index contributed by atoms with van der Waals surface area (Å²) in [6, 6.07) is -1.14. The number of rotatable bonds is 2. The van der Waals surface area contributed by atoms with Crippen LogP contribution in [0, 0.1) is 5.92 Å². The van der Waals surface area contributed by atoms with Gasteiger partial charge in [-0.05, 0) is 12.3 Å². The molecule has 0 aromatic heterocycles. The van der Waals surface area contributed by atoms with Gasteiger partial charge in [-0.2, -0.15) is 13.2 Å². The first kappa shape index (κ1) is 13.1. The Bertz CT molecular complexity index is 258. The van der Waals surface area contributed by atoms with Gasteiger partial charge in [-0.15, -0.1) is 0 Å². The summed E-state index contributed by atoms with van der Waals surface area (Å²) in [7, 11) is 0. The molecule has 0 spiro atoms. The number of hydrogen-bond donors (Lipinski definition) is 2. The molecule has 0 saturated carbocycles. The van der Waals surface area contributed by atoms with E-state index in [0.717, 1.165) is 0 Å². The van der Waals surface area contributed by atoms with Gasteiger partial charge in [0, 0.05) is 6.54 Å². The maximum atomic E-state index is 11.9. The Morgan fingerprint density at radius 2 is 2.19 bits per heavy atom. The van der Waals surface area contributed by atoms with Crippen LogP contribution in [0.1, 0.15) is 13.3 Å². The van der Waals surface area contributed by atoms with E-state index in [2.05, 4.69) is 0 Å². The van der Waals surface area contributed by atoms with Gasteiger partial charge in [0.1, 0.15) is 6.54 Å². The molecule has 1 aliphatic rings. The van der Waals surface area contributed by atoms with Crippen molar-refractivity contribution in [2.75, 3.05) is 19.7 Å². The Hall–Kier alpha value is -0.980. The number of amides is 2. The molecule has 1 fully saturated rings. The van der Waals surface area contributed by atoms with Gasteiger partial charge in [-0.3, -0.25) is 0 Å². The number of carbonyl (C=O) groups is 1. The molecule has 1 heterocycles. The van der Waals surface area contributed by atoms with E-state index in [0.29, 0.717) is 13.0 Å². The second kappa shape index (κ2) is 4.90. The van der Waals surface area contributed by atoms with E-state index < -0.39 is 18.8 Å². The summed E-state index contributed by atoms with van der Waals surface area (Å²) < 4.78 is 35.6. The Labute approximate surface area is 91.4 Å². The first-order valence-corrected chi connectivity index (χ1v) is 5.07. The molecule has 1 saturated heterocycles. The van der Waals surface area contributed by atoms with Crippen LogP contribution in [0.2, 0.25) is 0 Å². The molecule has 0 aromatic rings. The topological polar surface area (TPSA) is 52.6 Å². The lowest BCUT2D eigenvalue weighted by Crippen LogP contribution is -2.47. The molecule has 94 valence electrons. The van der Waals surface area contributed by atoms with Gasteiger partial charge in [0.15, 0.2) is 0 Å². The molecule has 1 rings (SSSR count). The van der Waals surface area contributed by atoms with Crippen molar-refractivity contribution >= 4 is 6.03 Å². The van der Waals surface area contributed by atoms with E-state index in [9.17, 15) is 18.0 Å². The summed E-state index contributed by atoms with van der Waals surface area (Å²) in [5.41, 5.74) is 0. The normalized spacial score (nSPS) is 25.9. The highest BCUT2D eigenvalue weighted by molar-refractivity contribution is 5.75. The lowest BCUT2D eigenvalue weighted by atomic mass is 10.0. The maximum Gasteiger partial charge on any atom is 0.405 e. The van der Waals surface area contributed by atoms with E-state index in [4.69, 9.17) is 5.11 Å². The third-order valence-electron chi connectivity index (χ3n) is 2.77. The van der Waals surface area contributed by atoms with Crippen LogP contribution in [0.25, 0.3) is 0 Å². The van der Waals surface area contributed by atoms with Crippen LogP contribution >= 0.6 is 0 Å². The van der Waals surface area contributed by atoms with Crippen molar-refractivity contribution in [1.82, 2.24) is 10.2 Å². The Morgan fingerprint density at radius 1 is 1.56 bits per heavy atom. The second-order valence-corrected chi connectivity index (χ2v) is 3.98. The van der Waals surface area contributed by atoms with Gasteiger partial charge in [0.25, 0.3) is 0 Å². The number of carbonyl (C=O) groups excluding carboxylic acids is 1. The number of nitrogens with zero attached hydrogens (tertiary/aromatic N) is 1. The van der Waals surface area contributed by atoms with Gasteiger partial charge in [-0.25, -0.2) is 4.79 Å². The fourth-order valence-corrected chi connectivity index (χ4v) is 1.82. The molecule has 0 radical (unpaired) electrons. The first-order chi connectivity index (χ1) is 7.35. The third kappa shape index (κ3) is 3.26. The monoisotopic (exact) mass is 240 g/mol. The number of hydrogen-bond acceptors (Lipinski definition) is 2. The lowest BCUT2D eigenvalue weighted by Gasteiger charge is -2.25. The smallest absolute Gasteiger partial charge is 0.394 e. The second-order valence-electron chi connectivity index (χ2n) is 3.98. The molecule has 2 N–H and O–H groups in total. The summed E-state index contributed by atoms with van der Waals surface area (Å²) >= 11 is 0. The van der Waals surface area contributed by atoms with Crippen LogP contribution in [-0.2, 0) is 0 Å². The summed E-state index contributed by atoms with van der Waals surface area (Å²) in [6.07, 6.45) is -3.71. The van der Waals surface area contributed by atoms with Gasteiger partial charge < -0.3 is 15.3 Å². The Balaban J connectivity index is 2.48. The zero-order valence-electron chi connectivity index (χ0n) is 8.92. The van der Waals surface area contributed by atoms with E-state index in [1.54, 1.807) is 5.32 Å². The minimum atomic E-state index is -4.41. The highest BCUT2D eigenvalue weighted by atomic mass is 19.4. The highest BCUT2D eigenvalue weighted by Crippen LogP contribution is 2.23. The van der Waals surface area contributed by atoms with Crippen LogP contribution in [0.15, 0.2) is 0 Å². The fourth-order valence-electron chi connectivity index (χ4n) is 1.82. The Kier molecular flexibility index (Phi) is 4.01. The van der Waals surface area contributed by atoms with E-state index in [1.807, 2.05) is 6.92 Å². The molecule has 2 amide bonds. The van der Waals surface area contributed by atoms with Crippen LogP contribution < -0.4 is 5.32 Å². The van der Waals surface area contributed by atoms with Crippen molar-refractivity contribution < 1.29 is 23.1 Å². The standard InChI is InChI=1S/C9H15F3N2O2/c1-6-2-3-14(7(6)4-15)8(16)13-5-9(10,11)12/h6-7,15H,2-5H2,1H3,(H,13,16). The molecular formula is C9H15F3N2O2. The number of urea groups is 1. The average molecular weight is 240 g/mol. The molecule has 0 aliphatic carbocycles. The van der Waals surface area contributed by atoms with Crippen molar-refractivity contribution in [3.63, 3.8) is 0 Å². The molecule has 7 heteroatoms. The maximum absolute atomic E-state index is 11.9. The molecule has 4 nitrogen and oxygen atoms in total. The van der Waals surface area contributed by atoms with Crippen molar-refractivity contribution in [1.29, 1.82) is 0 Å². The zero-order chi connectivity index (χ0) is 12.3. The Morgan fingerprint density at radius 3 is 2.69 bits per heavy atom. The van der Waals surface area contributed by atoms with Crippen molar-refractivity contribution in [3.8, 4) is 0 Å². The van der Waals surface area contributed by atoms with Crippen LogP contribution in [-0.4, -0.2) is 48.0 Å². The molecular weight excluding hydrogens is 225 g/mol. The van der Waals surface area contributed by atoms with E-state index >= 15 is 0 Å². The highest BCUT2D eigenvalue weighted by Gasteiger charge is 2.35. The van der Waals surface area contributed by atoms with Crippen LogP contribution in [0.3, 0.4) is 0 Å². The molecule has 0 bridgehead atoms. The first-order valence-electron chi connectivity index (χ1n) is 5.07. The SMILES string of the molecule is CC1CCN(C(=O)NCC(F)(F)F)C1CO. The number of likely N-dealkylation sites (tertiary alicyclic amines) is 1. The van der Waals surface area contributed by atoms with Crippen molar-refractivity contribution in [2.24, 2.45) is 5.92 Å². The largest absolute Gasteiger partial charge is 0.405 e.